The molecule has 1 saturated heterocycles. The third-order valence-electron chi connectivity index (χ3n) is 3.76. The normalized spacial score (nSPS) is 17.9. The van der Waals surface area contributed by atoms with E-state index in [0.717, 1.165) is 26.7 Å². The average Bonchev–Trinajstić information content (AvgIpc) is 3.17. The van der Waals surface area contributed by atoms with E-state index in [2.05, 4.69) is 4.98 Å². The molecule has 0 spiro atoms. The molecule has 1 fully saturated rings. The van der Waals surface area contributed by atoms with Gasteiger partial charge in [0.05, 0.1) is 23.1 Å². The first-order chi connectivity index (χ1) is 11.3. The highest BCUT2D eigenvalue weighted by Crippen LogP contribution is 2.44. The van der Waals surface area contributed by atoms with Gasteiger partial charge in [-0.3, -0.25) is 9.69 Å². The summed E-state index contributed by atoms with van der Waals surface area (Å²) in [5.41, 5.74) is 2.02. The third kappa shape index (κ3) is 2.58. The van der Waals surface area contributed by atoms with Gasteiger partial charge in [-0.05, 0) is 29.8 Å². The van der Waals surface area contributed by atoms with E-state index < -0.39 is 0 Å². The Bertz CT molecular complexity index is 827. The Morgan fingerprint density at radius 2 is 1.96 bits per heavy atom. The van der Waals surface area contributed by atoms with E-state index in [1.807, 2.05) is 53.4 Å². The lowest BCUT2D eigenvalue weighted by molar-refractivity contribution is -0.115. The van der Waals surface area contributed by atoms with Gasteiger partial charge in [0.15, 0.2) is 5.13 Å². The molecule has 2 aromatic carbocycles. The smallest absolute Gasteiger partial charge is 0.240 e. The number of carbonyl (C=O) groups excluding carboxylic acids is 1. The van der Waals surface area contributed by atoms with Gasteiger partial charge in [0.2, 0.25) is 5.91 Å². The molecule has 116 valence electrons. The minimum Gasteiger partial charge on any atom is -0.497 e. The van der Waals surface area contributed by atoms with Crippen molar-refractivity contribution in [1.82, 2.24) is 4.98 Å². The predicted molar refractivity (Wildman–Crippen MR) is 95.3 cm³/mol. The largest absolute Gasteiger partial charge is 0.497 e. The first-order valence-corrected chi connectivity index (χ1v) is 9.06. The molecule has 0 aliphatic carbocycles. The highest BCUT2D eigenvalue weighted by molar-refractivity contribution is 8.00. The van der Waals surface area contributed by atoms with Crippen LogP contribution >= 0.6 is 23.1 Å². The average molecular weight is 342 g/mol. The van der Waals surface area contributed by atoms with Crippen LogP contribution in [0, 0.1) is 0 Å². The molecular formula is C17H14N2O2S2. The SMILES string of the molecule is COc1ccc([C@@H]2SCC(=O)N2c2nc3ccccc3s2)cc1. The van der Waals surface area contributed by atoms with Gasteiger partial charge in [0.25, 0.3) is 0 Å². The van der Waals surface area contributed by atoms with Crippen molar-refractivity contribution in [2.75, 3.05) is 17.8 Å². The fourth-order valence-electron chi connectivity index (χ4n) is 2.61. The Kier molecular flexibility index (Phi) is 3.71. The molecule has 4 nitrogen and oxygen atoms in total. The van der Waals surface area contributed by atoms with Gasteiger partial charge in [-0.1, -0.05) is 35.6 Å². The molecule has 23 heavy (non-hydrogen) atoms. The zero-order chi connectivity index (χ0) is 15.8. The second-order valence-corrected chi connectivity index (χ2v) is 7.24. The fraction of sp³-hybridized carbons (Fsp3) is 0.176. The van der Waals surface area contributed by atoms with Crippen LogP contribution in [0.2, 0.25) is 0 Å². The summed E-state index contributed by atoms with van der Waals surface area (Å²) in [6, 6.07) is 15.8. The standard InChI is InChI=1S/C17H14N2O2S2/c1-21-12-8-6-11(7-9-12)16-19(15(20)10-22-16)17-18-13-4-2-3-5-14(13)23-17/h2-9,16H,10H2,1H3/t16-/m0/s1. The predicted octanol–water partition coefficient (Wildman–Crippen LogP) is 4.08. The number of hydrogen-bond acceptors (Lipinski definition) is 5. The Balaban J connectivity index is 1.73. The fourth-order valence-corrected chi connectivity index (χ4v) is 4.84. The van der Waals surface area contributed by atoms with Crippen LogP contribution in [0.1, 0.15) is 10.9 Å². The van der Waals surface area contributed by atoms with E-state index in [-0.39, 0.29) is 11.3 Å². The van der Waals surface area contributed by atoms with E-state index in [9.17, 15) is 4.79 Å². The molecular weight excluding hydrogens is 328 g/mol. The van der Waals surface area contributed by atoms with Crippen LogP contribution in [-0.4, -0.2) is 23.8 Å². The van der Waals surface area contributed by atoms with Crippen LogP contribution in [0.15, 0.2) is 48.5 Å². The number of hydrogen-bond donors (Lipinski definition) is 0. The number of ether oxygens (including phenoxy) is 1. The zero-order valence-electron chi connectivity index (χ0n) is 12.4. The number of amides is 1. The highest BCUT2D eigenvalue weighted by Gasteiger charge is 2.35. The Labute approximate surface area is 142 Å². The van der Waals surface area contributed by atoms with Gasteiger partial charge in [-0.25, -0.2) is 4.98 Å². The van der Waals surface area contributed by atoms with Crippen LogP contribution in [0.4, 0.5) is 5.13 Å². The number of carbonyl (C=O) groups is 1. The summed E-state index contributed by atoms with van der Waals surface area (Å²) in [4.78, 5) is 18.9. The number of para-hydroxylation sites is 1. The van der Waals surface area contributed by atoms with E-state index in [1.165, 1.54) is 0 Å². The first kappa shape index (κ1) is 14.5. The Morgan fingerprint density at radius 3 is 2.70 bits per heavy atom. The van der Waals surface area contributed by atoms with Crippen molar-refractivity contribution in [3.8, 4) is 5.75 Å². The van der Waals surface area contributed by atoms with Crippen molar-refractivity contribution in [1.29, 1.82) is 0 Å². The van der Waals surface area contributed by atoms with Crippen molar-refractivity contribution < 1.29 is 9.53 Å². The number of thiazole rings is 1. The molecule has 3 aromatic rings. The number of fused-ring (bicyclic) bond motifs is 1. The van der Waals surface area contributed by atoms with E-state index in [0.29, 0.717) is 5.75 Å². The number of aromatic nitrogens is 1. The lowest BCUT2D eigenvalue weighted by atomic mass is 10.2. The quantitative estimate of drug-likeness (QED) is 0.719. The maximum Gasteiger partial charge on any atom is 0.240 e. The van der Waals surface area contributed by atoms with Gasteiger partial charge in [0.1, 0.15) is 11.1 Å². The summed E-state index contributed by atoms with van der Waals surface area (Å²) in [6.45, 7) is 0. The van der Waals surface area contributed by atoms with Crippen LogP contribution in [0.5, 0.6) is 5.75 Å². The topological polar surface area (TPSA) is 42.4 Å². The molecule has 0 N–H and O–H groups in total. The Morgan fingerprint density at radius 1 is 1.17 bits per heavy atom. The lowest BCUT2D eigenvalue weighted by Gasteiger charge is -2.21. The number of rotatable bonds is 3. The molecule has 0 unspecified atom stereocenters. The van der Waals surface area contributed by atoms with Crippen molar-refractivity contribution >= 4 is 44.4 Å². The second-order valence-electron chi connectivity index (χ2n) is 5.16. The van der Waals surface area contributed by atoms with Crippen molar-refractivity contribution in [2.24, 2.45) is 0 Å². The molecule has 6 heteroatoms. The van der Waals surface area contributed by atoms with E-state index >= 15 is 0 Å². The molecule has 2 heterocycles. The van der Waals surface area contributed by atoms with Gasteiger partial charge in [-0.2, -0.15) is 0 Å². The van der Waals surface area contributed by atoms with Crippen LogP contribution in [0.25, 0.3) is 10.2 Å². The van der Waals surface area contributed by atoms with Gasteiger partial charge >= 0.3 is 0 Å². The van der Waals surface area contributed by atoms with Gasteiger partial charge in [-0.15, -0.1) is 11.8 Å². The highest BCUT2D eigenvalue weighted by atomic mass is 32.2. The maximum atomic E-state index is 12.4. The molecule has 0 radical (unpaired) electrons. The van der Waals surface area contributed by atoms with Crippen LogP contribution < -0.4 is 9.64 Å². The molecule has 1 atom stereocenters. The number of anilines is 1. The minimum atomic E-state index is -0.0334. The zero-order valence-corrected chi connectivity index (χ0v) is 14.1. The monoisotopic (exact) mass is 342 g/mol. The Hall–Kier alpha value is -2.05. The van der Waals surface area contributed by atoms with Gasteiger partial charge in [0, 0.05) is 0 Å². The summed E-state index contributed by atoms with van der Waals surface area (Å²) < 4.78 is 6.30. The summed E-state index contributed by atoms with van der Waals surface area (Å²) in [5, 5.41) is 0.732. The molecule has 1 aliphatic heterocycles. The molecule has 1 aromatic heterocycles. The number of nitrogens with zero attached hydrogens (tertiary/aromatic N) is 2. The van der Waals surface area contributed by atoms with E-state index in [4.69, 9.17) is 4.74 Å². The number of thioether (sulfide) groups is 1. The maximum absolute atomic E-state index is 12.4. The molecule has 0 bridgehead atoms. The lowest BCUT2D eigenvalue weighted by Crippen LogP contribution is -2.27. The number of methoxy groups -OCH3 is 1. The van der Waals surface area contributed by atoms with Crippen molar-refractivity contribution in [2.45, 2.75) is 5.37 Å². The molecule has 1 amide bonds. The summed E-state index contributed by atoms with van der Waals surface area (Å²) in [5.74, 6) is 1.40. The first-order valence-electron chi connectivity index (χ1n) is 7.19. The van der Waals surface area contributed by atoms with Crippen molar-refractivity contribution in [3.63, 3.8) is 0 Å². The van der Waals surface area contributed by atoms with E-state index in [1.54, 1.807) is 30.2 Å². The molecule has 0 saturated carbocycles. The summed E-state index contributed by atoms with van der Waals surface area (Å²) >= 11 is 3.19. The second kappa shape index (κ2) is 5.86. The summed E-state index contributed by atoms with van der Waals surface area (Å²) in [6.07, 6.45) is 0. The number of benzene rings is 2. The van der Waals surface area contributed by atoms with Gasteiger partial charge < -0.3 is 4.74 Å². The molecule has 1 aliphatic rings. The van der Waals surface area contributed by atoms with Crippen LogP contribution in [-0.2, 0) is 4.79 Å². The summed E-state index contributed by atoms with van der Waals surface area (Å²) in [7, 11) is 1.65. The minimum absolute atomic E-state index is 0.0334. The molecule has 4 rings (SSSR count). The van der Waals surface area contributed by atoms with Crippen LogP contribution in [0.3, 0.4) is 0 Å². The van der Waals surface area contributed by atoms with Crippen molar-refractivity contribution in [3.05, 3.63) is 54.1 Å². The third-order valence-corrected chi connectivity index (χ3v) is 6.01.